The maximum atomic E-state index is 4.66. The molecule has 0 aliphatic carbocycles. The molecule has 0 N–H and O–H groups in total. The highest BCUT2D eigenvalue weighted by molar-refractivity contribution is 5.84. The maximum absolute atomic E-state index is 4.66. The highest BCUT2D eigenvalue weighted by Crippen LogP contribution is 2.27. The minimum absolute atomic E-state index is 0.849. The lowest BCUT2D eigenvalue weighted by Crippen LogP contribution is -2.24. The van der Waals surface area contributed by atoms with E-state index in [0.29, 0.717) is 0 Å². The van der Waals surface area contributed by atoms with Crippen LogP contribution in [0.15, 0.2) is 85.5 Å². The van der Waals surface area contributed by atoms with Crippen LogP contribution in [-0.2, 0) is 6.54 Å². The van der Waals surface area contributed by atoms with E-state index in [2.05, 4.69) is 85.5 Å². The zero-order valence-electron chi connectivity index (χ0n) is 18.7. The smallest absolute Gasteiger partial charge is 0.0684 e. The lowest BCUT2D eigenvalue weighted by molar-refractivity contribution is 0.318. The molecule has 2 aliphatic heterocycles. The molecule has 6 rings (SSSR count). The molecular weight excluding hydrogens is 408 g/mol. The van der Waals surface area contributed by atoms with Crippen molar-refractivity contribution in [3.8, 4) is 5.69 Å². The highest BCUT2D eigenvalue weighted by Gasteiger charge is 2.13. The van der Waals surface area contributed by atoms with E-state index in [1.807, 2.05) is 23.1 Å². The molecule has 1 saturated heterocycles. The molecule has 166 valence electrons. The third-order valence-corrected chi connectivity index (χ3v) is 6.70. The Balaban J connectivity index is 1.13. The lowest BCUT2D eigenvalue weighted by Gasteiger charge is -2.23. The van der Waals surface area contributed by atoms with Crippen molar-refractivity contribution in [3.63, 3.8) is 0 Å². The van der Waals surface area contributed by atoms with Crippen molar-refractivity contribution in [2.24, 2.45) is 0 Å². The van der Waals surface area contributed by atoms with Gasteiger partial charge in [0.1, 0.15) is 0 Å². The molecule has 1 fully saturated rings. The third kappa shape index (κ3) is 4.10. The summed E-state index contributed by atoms with van der Waals surface area (Å²) < 4.78 is 4.02. The van der Waals surface area contributed by atoms with Crippen LogP contribution in [-0.4, -0.2) is 50.6 Å². The number of hydrogen-bond acceptors (Lipinski definition) is 4. The van der Waals surface area contributed by atoms with Crippen LogP contribution in [0.5, 0.6) is 0 Å². The zero-order valence-corrected chi connectivity index (χ0v) is 18.7. The molecule has 0 unspecified atom stereocenters. The highest BCUT2D eigenvalue weighted by atomic mass is 15.3. The molecule has 0 amide bonds. The van der Waals surface area contributed by atoms with Gasteiger partial charge < -0.3 is 9.80 Å². The first-order chi connectivity index (χ1) is 16.3. The van der Waals surface area contributed by atoms with Crippen molar-refractivity contribution in [1.29, 1.82) is 0 Å². The van der Waals surface area contributed by atoms with Crippen LogP contribution in [0.1, 0.15) is 18.4 Å². The van der Waals surface area contributed by atoms with Gasteiger partial charge in [0.05, 0.1) is 23.9 Å². The Kier molecular flexibility index (Phi) is 5.28. The summed E-state index contributed by atoms with van der Waals surface area (Å²) in [5.74, 6) is 0. The van der Waals surface area contributed by atoms with Crippen LogP contribution in [0.4, 0.5) is 5.69 Å². The minimum atomic E-state index is 0.849. The molecule has 0 bridgehead atoms. The molecule has 2 aromatic heterocycles. The summed E-state index contributed by atoms with van der Waals surface area (Å²) >= 11 is 0. The van der Waals surface area contributed by atoms with Gasteiger partial charge in [0.2, 0.25) is 0 Å². The molecule has 33 heavy (non-hydrogen) atoms. The van der Waals surface area contributed by atoms with Gasteiger partial charge in [0.15, 0.2) is 0 Å². The van der Waals surface area contributed by atoms with Crippen LogP contribution in [0, 0.1) is 0 Å². The van der Waals surface area contributed by atoms with E-state index in [-0.39, 0.29) is 0 Å². The summed E-state index contributed by atoms with van der Waals surface area (Å²) in [5.41, 5.74) is 5.94. The topological polar surface area (TPSA) is 42.1 Å². The number of fused-ring (bicyclic) bond motifs is 1. The molecule has 6 heteroatoms. The molecule has 0 saturated carbocycles. The number of hydrogen-bond donors (Lipinski definition) is 0. The monoisotopic (exact) mass is 436 g/mol. The van der Waals surface area contributed by atoms with Gasteiger partial charge in [0, 0.05) is 42.8 Å². The second-order valence-corrected chi connectivity index (χ2v) is 8.78. The summed E-state index contributed by atoms with van der Waals surface area (Å²) in [6, 6.07) is 17.1. The van der Waals surface area contributed by atoms with Crippen molar-refractivity contribution in [2.75, 3.05) is 31.1 Å². The quantitative estimate of drug-likeness (QED) is 0.438. The maximum Gasteiger partial charge on any atom is 0.0684 e. The van der Waals surface area contributed by atoms with Gasteiger partial charge in [-0.25, -0.2) is 4.68 Å². The normalized spacial score (nSPS) is 16.6. The van der Waals surface area contributed by atoms with Crippen LogP contribution in [0.3, 0.4) is 0 Å². The van der Waals surface area contributed by atoms with Gasteiger partial charge in [-0.2, -0.15) is 10.2 Å². The number of aromatic nitrogens is 4. The SMILES string of the molecule is C1=CN(c2ccc3c(cnn3CCN3CCCC3)c2)CC=C1c1ccc(-n2cccn2)cc1. The fourth-order valence-corrected chi connectivity index (χ4v) is 4.80. The predicted molar refractivity (Wildman–Crippen MR) is 133 cm³/mol. The summed E-state index contributed by atoms with van der Waals surface area (Å²) in [6.45, 7) is 5.35. The van der Waals surface area contributed by atoms with Crippen LogP contribution in [0.25, 0.3) is 22.2 Å². The Morgan fingerprint density at radius 2 is 1.73 bits per heavy atom. The van der Waals surface area contributed by atoms with Crippen LogP contribution >= 0.6 is 0 Å². The molecule has 2 aliphatic rings. The standard InChI is InChI=1S/C27H28N6/c1-2-14-30(13-1)18-19-33-27-9-8-26(20-24(27)21-29-33)31-16-10-23(11-17-31)22-4-6-25(7-5-22)32-15-3-12-28-32/h3-12,15-16,20-21H,1-2,13-14,17-19H2. The molecule has 6 nitrogen and oxygen atoms in total. The molecular formula is C27H28N6. The number of nitrogens with zero attached hydrogens (tertiary/aromatic N) is 6. The molecule has 0 spiro atoms. The molecule has 0 radical (unpaired) electrons. The molecule has 0 atom stereocenters. The van der Waals surface area contributed by atoms with Crippen molar-refractivity contribution in [3.05, 3.63) is 91.0 Å². The van der Waals surface area contributed by atoms with Gasteiger partial charge in [0.25, 0.3) is 0 Å². The van der Waals surface area contributed by atoms with Gasteiger partial charge in [-0.3, -0.25) is 4.68 Å². The number of rotatable bonds is 6. The van der Waals surface area contributed by atoms with E-state index in [9.17, 15) is 0 Å². The van der Waals surface area contributed by atoms with Crippen LogP contribution in [0.2, 0.25) is 0 Å². The Morgan fingerprint density at radius 1 is 0.879 bits per heavy atom. The average molecular weight is 437 g/mol. The Bertz CT molecular complexity index is 1290. The first-order valence-electron chi connectivity index (χ1n) is 11.8. The van der Waals surface area contributed by atoms with Crippen molar-refractivity contribution in [1.82, 2.24) is 24.5 Å². The Labute approximate surface area is 194 Å². The predicted octanol–water partition coefficient (Wildman–Crippen LogP) is 4.74. The van der Waals surface area contributed by atoms with E-state index < -0.39 is 0 Å². The van der Waals surface area contributed by atoms with Crippen molar-refractivity contribution < 1.29 is 0 Å². The van der Waals surface area contributed by atoms with Gasteiger partial charge >= 0.3 is 0 Å². The van der Waals surface area contributed by atoms with Crippen molar-refractivity contribution >= 4 is 22.2 Å². The average Bonchev–Trinajstić information content (AvgIpc) is 3.65. The van der Waals surface area contributed by atoms with Crippen LogP contribution < -0.4 is 4.90 Å². The van der Waals surface area contributed by atoms with E-state index in [1.165, 1.54) is 53.7 Å². The third-order valence-electron chi connectivity index (χ3n) is 6.70. The molecule has 4 heterocycles. The number of likely N-dealkylation sites (tertiary alicyclic amines) is 1. The summed E-state index contributed by atoms with van der Waals surface area (Å²) in [7, 11) is 0. The van der Waals surface area contributed by atoms with E-state index >= 15 is 0 Å². The molecule has 2 aromatic carbocycles. The van der Waals surface area contributed by atoms with Gasteiger partial charge in [-0.1, -0.05) is 18.2 Å². The second-order valence-electron chi connectivity index (χ2n) is 8.78. The Hall–Kier alpha value is -3.64. The van der Waals surface area contributed by atoms with E-state index in [0.717, 1.165) is 25.3 Å². The van der Waals surface area contributed by atoms with E-state index in [1.54, 1.807) is 6.20 Å². The largest absolute Gasteiger partial charge is 0.344 e. The fourth-order valence-electron chi connectivity index (χ4n) is 4.80. The van der Waals surface area contributed by atoms with Crippen molar-refractivity contribution in [2.45, 2.75) is 19.4 Å². The summed E-state index contributed by atoms with van der Waals surface area (Å²) in [6.07, 6.45) is 15.1. The molecule has 4 aromatic rings. The summed E-state index contributed by atoms with van der Waals surface area (Å²) in [4.78, 5) is 4.82. The minimum Gasteiger partial charge on any atom is -0.344 e. The number of allylic oxidation sites excluding steroid dienone is 2. The number of benzene rings is 2. The van der Waals surface area contributed by atoms with Gasteiger partial charge in [-0.05, 0) is 79.5 Å². The van der Waals surface area contributed by atoms with Gasteiger partial charge in [-0.15, -0.1) is 0 Å². The first-order valence-corrected chi connectivity index (χ1v) is 11.8. The van der Waals surface area contributed by atoms with E-state index in [4.69, 9.17) is 0 Å². The summed E-state index contributed by atoms with van der Waals surface area (Å²) in [5, 5.41) is 10.2. The first kappa shape index (κ1) is 20.0. The zero-order chi connectivity index (χ0) is 22.0. The fraction of sp³-hybridized carbons (Fsp3) is 0.259. The second kappa shape index (κ2) is 8.71. The Morgan fingerprint density at radius 3 is 2.48 bits per heavy atom. The number of anilines is 1. The lowest BCUT2D eigenvalue weighted by atomic mass is 10.0.